The minimum atomic E-state index is -4.35. The van der Waals surface area contributed by atoms with Crippen molar-refractivity contribution in [2.75, 3.05) is 26.2 Å². The van der Waals surface area contributed by atoms with Crippen LogP contribution in [0, 0.1) is 0 Å². The molecule has 5 rings (SSSR count). The summed E-state index contributed by atoms with van der Waals surface area (Å²) < 4.78 is 38.1. The Kier molecular flexibility index (Phi) is 7.14. The number of carbonyl (C=O) groups is 2. The van der Waals surface area contributed by atoms with Crippen LogP contribution >= 0.6 is 0 Å². The molecule has 3 aromatic rings. The van der Waals surface area contributed by atoms with E-state index in [1.165, 1.54) is 12.1 Å². The first-order valence-corrected chi connectivity index (χ1v) is 12.6. The maximum absolute atomic E-state index is 12.7. The van der Waals surface area contributed by atoms with E-state index in [0.717, 1.165) is 55.6 Å². The van der Waals surface area contributed by atoms with E-state index in [0.29, 0.717) is 36.6 Å². The standard InChI is InChI=1S/C26H29F3N6O2/c27-26(28,29)19-5-1-17(2-6-19)3-8-24(36)34-13-10-21(11-14-34)35-12-9-20(16-35)30-25(37)18-4-7-22-23(15-18)32-33-31-22/h1-2,4-7,15,20-21H,3,8-14,16H2,(H,30,37)(H,31,32,33). The molecular formula is C26H29F3N6O2. The summed E-state index contributed by atoms with van der Waals surface area (Å²) >= 11 is 0. The molecule has 2 amide bonds. The number of fused-ring (bicyclic) bond motifs is 1. The Morgan fingerprint density at radius 2 is 1.78 bits per heavy atom. The molecule has 2 N–H and O–H groups in total. The first kappa shape index (κ1) is 25.2. The van der Waals surface area contributed by atoms with Crippen LogP contribution in [0.4, 0.5) is 13.2 Å². The molecule has 8 nitrogen and oxygen atoms in total. The molecule has 1 unspecified atom stereocenters. The number of likely N-dealkylation sites (tertiary alicyclic amines) is 2. The molecule has 1 atom stereocenters. The minimum absolute atomic E-state index is 0.0361. The smallest absolute Gasteiger partial charge is 0.348 e. The Labute approximate surface area is 212 Å². The number of rotatable bonds is 6. The van der Waals surface area contributed by atoms with Gasteiger partial charge in [0.15, 0.2) is 0 Å². The Bertz CT molecular complexity index is 1250. The van der Waals surface area contributed by atoms with Gasteiger partial charge in [0.1, 0.15) is 5.52 Å². The van der Waals surface area contributed by atoms with Gasteiger partial charge in [-0.25, -0.2) is 0 Å². The number of hydrogen-bond donors (Lipinski definition) is 2. The van der Waals surface area contributed by atoms with Crippen LogP contribution in [0.25, 0.3) is 11.0 Å². The highest BCUT2D eigenvalue weighted by Crippen LogP contribution is 2.29. The van der Waals surface area contributed by atoms with Crippen molar-refractivity contribution in [1.82, 2.24) is 30.5 Å². The summed E-state index contributed by atoms with van der Waals surface area (Å²) in [5.74, 6) is -0.0841. The number of aryl methyl sites for hydroxylation is 1. The SMILES string of the molecule is O=C(NC1CCN(C2CCN(C(=O)CCc3ccc(C(F)(F)F)cc3)CC2)C1)c1ccc2[nH]nnc2c1. The van der Waals surface area contributed by atoms with E-state index in [1.807, 2.05) is 4.90 Å². The molecule has 3 heterocycles. The van der Waals surface area contributed by atoms with E-state index >= 15 is 0 Å². The van der Waals surface area contributed by atoms with Crippen LogP contribution in [0.2, 0.25) is 0 Å². The average Bonchev–Trinajstić information content (AvgIpc) is 3.56. The summed E-state index contributed by atoms with van der Waals surface area (Å²) in [6.45, 7) is 3.02. The molecule has 1 aromatic heterocycles. The van der Waals surface area contributed by atoms with E-state index in [9.17, 15) is 22.8 Å². The van der Waals surface area contributed by atoms with Crippen LogP contribution in [-0.2, 0) is 17.4 Å². The van der Waals surface area contributed by atoms with Crippen LogP contribution in [0.15, 0.2) is 42.5 Å². The topological polar surface area (TPSA) is 94.2 Å². The minimum Gasteiger partial charge on any atom is -0.348 e. The summed E-state index contributed by atoms with van der Waals surface area (Å²) in [5, 5.41) is 13.6. The van der Waals surface area contributed by atoms with E-state index in [4.69, 9.17) is 0 Å². The predicted molar refractivity (Wildman–Crippen MR) is 131 cm³/mol. The summed E-state index contributed by atoms with van der Waals surface area (Å²) in [5.41, 5.74) is 2.04. The van der Waals surface area contributed by atoms with Gasteiger partial charge in [-0.05, 0) is 61.6 Å². The van der Waals surface area contributed by atoms with Gasteiger partial charge in [-0.3, -0.25) is 19.6 Å². The zero-order chi connectivity index (χ0) is 26.0. The van der Waals surface area contributed by atoms with Gasteiger partial charge < -0.3 is 10.2 Å². The summed E-state index contributed by atoms with van der Waals surface area (Å²) in [7, 11) is 0. The van der Waals surface area contributed by atoms with Gasteiger partial charge in [0, 0.05) is 50.2 Å². The number of carbonyl (C=O) groups excluding carboxylic acids is 2. The van der Waals surface area contributed by atoms with E-state index in [1.54, 1.807) is 18.2 Å². The van der Waals surface area contributed by atoms with Crippen molar-refractivity contribution in [3.63, 3.8) is 0 Å². The molecule has 0 spiro atoms. The molecule has 196 valence electrons. The summed E-state index contributed by atoms with van der Waals surface area (Å²) in [6.07, 6.45) is -1.02. The monoisotopic (exact) mass is 514 g/mol. The van der Waals surface area contributed by atoms with Crippen molar-refractivity contribution in [3.8, 4) is 0 Å². The lowest BCUT2D eigenvalue weighted by molar-refractivity contribution is -0.137. The van der Waals surface area contributed by atoms with Crippen molar-refractivity contribution >= 4 is 22.8 Å². The molecule has 0 radical (unpaired) electrons. The number of H-pyrrole nitrogens is 1. The highest BCUT2D eigenvalue weighted by atomic mass is 19.4. The van der Waals surface area contributed by atoms with Crippen molar-refractivity contribution in [2.24, 2.45) is 0 Å². The molecule has 0 saturated carbocycles. The maximum Gasteiger partial charge on any atom is 0.416 e. The fourth-order valence-electron chi connectivity index (χ4n) is 5.24. The number of nitrogens with zero attached hydrogens (tertiary/aromatic N) is 4. The Hall–Kier alpha value is -3.47. The molecule has 0 bridgehead atoms. The second-order valence-corrected chi connectivity index (χ2v) is 9.80. The number of aromatic amines is 1. The van der Waals surface area contributed by atoms with E-state index in [-0.39, 0.29) is 24.3 Å². The zero-order valence-electron chi connectivity index (χ0n) is 20.3. The van der Waals surface area contributed by atoms with Crippen LogP contribution in [0.5, 0.6) is 0 Å². The quantitative estimate of drug-likeness (QED) is 0.526. The molecule has 2 fully saturated rings. The largest absolute Gasteiger partial charge is 0.416 e. The molecular weight excluding hydrogens is 485 g/mol. The van der Waals surface area contributed by atoms with Gasteiger partial charge >= 0.3 is 6.18 Å². The lowest BCUT2D eigenvalue weighted by atomic mass is 10.0. The van der Waals surface area contributed by atoms with E-state index in [2.05, 4.69) is 25.6 Å². The third-order valence-electron chi connectivity index (χ3n) is 7.39. The lowest BCUT2D eigenvalue weighted by Crippen LogP contribution is -2.47. The van der Waals surface area contributed by atoms with Crippen molar-refractivity contribution in [3.05, 3.63) is 59.2 Å². The average molecular weight is 515 g/mol. The lowest BCUT2D eigenvalue weighted by Gasteiger charge is -2.37. The van der Waals surface area contributed by atoms with Crippen LogP contribution in [0.1, 0.15) is 47.2 Å². The number of hydrogen-bond acceptors (Lipinski definition) is 5. The second kappa shape index (κ2) is 10.5. The number of benzene rings is 2. The van der Waals surface area contributed by atoms with Gasteiger partial charge in [0.2, 0.25) is 5.91 Å². The van der Waals surface area contributed by atoms with Crippen molar-refractivity contribution < 1.29 is 22.8 Å². The number of alkyl halides is 3. The number of halogens is 3. The first-order valence-electron chi connectivity index (χ1n) is 12.6. The maximum atomic E-state index is 12.7. The zero-order valence-corrected chi connectivity index (χ0v) is 20.3. The molecule has 2 saturated heterocycles. The third kappa shape index (κ3) is 5.93. The Balaban J connectivity index is 1.05. The molecule has 2 aliphatic rings. The number of piperidine rings is 1. The Morgan fingerprint density at radius 3 is 2.51 bits per heavy atom. The van der Waals surface area contributed by atoms with Gasteiger partial charge in [0.05, 0.1) is 11.1 Å². The predicted octanol–water partition coefficient (Wildman–Crippen LogP) is 3.40. The second-order valence-electron chi connectivity index (χ2n) is 9.80. The molecule has 2 aliphatic heterocycles. The van der Waals surface area contributed by atoms with Gasteiger partial charge in [0.25, 0.3) is 5.91 Å². The molecule has 37 heavy (non-hydrogen) atoms. The van der Waals surface area contributed by atoms with Gasteiger partial charge in [-0.1, -0.05) is 17.3 Å². The van der Waals surface area contributed by atoms with E-state index < -0.39 is 11.7 Å². The molecule has 11 heteroatoms. The highest BCUT2D eigenvalue weighted by molar-refractivity contribution is 5.97. The number of aromatic nitrogens is 3. The summed E-state index contributed by atoms with van der Waals surface area (Å²) in [4.78, 5) is 29.6. The van der Waals surface area contributed by atoms with Crippen molar-refractivity contribution in [2.45, 2.75) is 50.4 Å². The summed E-state index contributed by atoms with van der Waals surface area (Å²) in [6, 6.07) is 10.7. The normalized spacial score (nSPS) is 19.4. The van der Waals surface area contributed by atoms with Crippen LogP contribution in [0.3, 0.4) is 0 Å². The molecule has 2 aromatic carbocycles. The van der Waals surface area contributed by atoms with Crippen LogP contribution < -0.4 is 5.32 Å². The first-order chi connectivity index (χ1) is 17.8. The van der Waals surface area contributed by atoms with Gasteiger partial charge in [-0.2, -0.15) is 13.2 Å². The van der Waals surface area contributed by atoms with Gasteiger partial charge in [-0.15, -0.1) is 5.10 Å². The fraction of sp³-hybridized carbons (Fsp3) is 0.462. The third-order valence-corrected chi connectivity index (χ3v) is 7.39. The number of amides is 2. The highest BCUT2D eigenvalue weighted by Gasteiger charge is 2.33. The molecule has 0 aliphatic carbocycles. The van der Waals surface area contributed by atoms with Crippen LogP contribution in [-0.4, -0.2) is 75.3 Å². The fourth-order valence-corrected chi connectivity index (χ4v) is 5.24. The van der Waals surface area contributed by atoms with Crippen molar-refractivity contribution in [1.29, 1.82) is 0 Å². The Morgan fingerprint density at radius 1 is 1.03 bits per heavy atom. The number of nitrogens with one attached hydrogen (secondary N) is 2.